The molecule has 10 heteroatoms. The summed E-state index contributed by atoms with van der Waals surface area (Å²) >= 11 is 0. The van der Waals surface area contributed by atoms with Crippen molar-refractivity contribution in [3.8, 4) is 0 Å². The lowest BCUT2D eigenvalue weighted by Crippen LogP contribution is -2.61. The fraction of sp³-hybridized carbons (Fsp3) is 0.677. The third kappa shape index (κ3) is 6.74. The van der Waals surface area contributed by atoms with Crippen LogP contribution in [0.5, 0.6) is 0 Å². The van der Waals surface area contributed by atoms with Crippen molar-refractivity contribution in [1.82, 2.24) is 25.3 Å². The second-order valence-electron chi connectivity index (χ2n) is 12.7. The highest BCUT2D eigenvalue weighted by Crippen LogP contribution is 2.34. The van der Waals surface area contributed by atoms with Crippen molar-refractivity contribution in [3.05, 3.63) is 35.9 Å². The Morgan fingerprint density at radius 1 is 1.00 bits per heavy atom. The van der Waals surface area contributed by atoms with Crippen LogP contribution in [-0.2, 0) is 14.4 Å². The van der Waals surface area contributed by atoms with Gasteiger partial charge in [-0.3, -0.25) is 19.2 Å². The Labute approximate surface area is 242 Å². The summed E-state index contributed by atoms with van der Waals surface area (Å²) in [5, 5.41) is 6.18. The van der Waals surface area contributed by atoms with Crippen LogP contribution >= 0.6 is 0 Å². The summed E-state index contributed by atoms with van der Waals surface area (Å²) in [5.41, 5.74) is -0.272. The molecule has 4 atom stereocenters. The second kappa shape index (κ2) is 12.5. The number of halogens is 1. The Hall–Kier alpha value is -3.01. The van der Waals surface area contributed by atoms with Crippen molar-refractivity contribution in [3.63, 3.8) is 0 Å². The highest BCUT2D eigenvalue weighted by Gasteiger charge is 2.46. The van der Waals surface area contributed by atoms with E-state index in [1.54, 1.807) is 17.0 Å². The predicted molar refractivity (Wildman–Crippen MR) is 153 cm³/mol. The first kappa shape index (κ1) is 29.5. The van der Waals surface area contributed by atoms with Crippen molar-refractivity contribution < 1.29 is 23.6 Å². The smallest absolute Gasteiger partial charge is 0.253 e. The second-order valence-corrected chi connectivity index (χ2v) is 12.7. The number of rotatable bonds is 2. The number of hydrogen-bond donors (Lipinski definition) is 2. The van der Waals surface area contributed by atoms with E-state index in [2.05, 4.69) is 29.4 Å². The zero-order valence-corrected chi connectivity index (χ0v) is 24.3. The van der Waals surface area contributed by atoms with Crippen LogP contribution in [0.4, 0.5) is 4.39 Å². The van der Waals surface area contributed by atoms with Gasteiger partial charge in [0, 0.05) is 57.0 Å². The number of carbonyl (C=O) groups excluding carboxylic acids is 4. The van der Waals surface area contributed by atoms with Gasteiger partial charge < -0.3 is 25.3 Å². The minimum absolute atomic E-state index is 0.0340. The molecule has 9 nitrogen and oxygen atoms in total. The van der Waals surface area contributed by atoms with Crippen LogP contribution < -0.4 is 10.6 Å². The molecule has 4 fully saturated rings. The molecule has 0 radical (unpaired) electrons. The molecule has 4 aliphatic heterocycles. The lowest BCUT2D eigenvalue weighted by atomic mass is 9.80. The van der Waals surface area contributed by atoms with Gasteiger partial charge in [-0.2, -0.15) is 0 Å². The van der Waals surface area contributed by atoms with E-state index in [0.717, 1.165) is 25.9 Å². The number of nitrogens with zero attached hydrogens (tertiary/aromatic N) is 3. The van der Waals surface area contributed by atoms with Gasteiger partial charge in [0.05, 0.1) is 12.1 Å². The van der Waals surface area contributed by atoms with Crippen LogP contribution in [0, 0.1) is 11.8 Å². The fourth-order valence-electron chi connectivity index (χ4n) is 7.18. The number of benzene rings is 1. The summed E-state index contributed by atoms with van der Waals surface area (Å²) in [4.78, 5) is 59.2. The van der Waals surface area contributed by atoms with E-state index in [-0.39, 0.29) is 48.9 Å². The van der Waals surface area contributed by atoms with Crippen LogP contribution in [0.1, 0.15) is 69.2 Å². The van der Waals surface area contributed by atoms with Crippen LogP contribution in [-0.4, -0.2) is 101 Å². The zero-order chi connectivity index (χ0) is 29.1. The molecule has 0 bridgehead atoms. The lowest BCUT2D eigenvalue weighted by molar-refractivity contribution is -0.141. The van der Waals surface area contributed by atoms with Crippen molar-refractivity contribution in [2.24, 2.45) is 11.8 Å². The van der Waals surface area contributed by atoms with Gasteiger partial charge in [0.25, 0.3) is 5.91 Å². The largest absolute Gasteiger partial charge is 0.356 e. The molecular formula is C31H44FN5O4. The first-order valence-electron chi connectivity index (χ1n) is 15.2. The number of nitrogens with one attached hydrogen (secondary N) is 2. The average molecular weight is 570 g/mol. The van der Waals surface area contributed by atoms with Gasteiger partial charge in [-0.25, -0.2) is 4.39 Å². The summed E-state index contributed by atoms with van der Waals surface area (Å²) in [6.07, 6.45) is 1.52. The van der Waals surface area contributed by atoms with Crippen LogP contribution in [0.25, 0.3) is 0 Å². The molecular weight excluding hydrogens is 525 g/mol. The Balaban J connectivity index is 1.35. The Morgan fingerprint density at radius 2 is 1.73 bits per heavy atom. The average Bonchev–Trinajstić information content (AvgIpc) is 3.36. The van der Waals surface area contributed by atoms with Crippen molar-refractivity contribution in [1.29, 1.82) is 0 Å². The first-order valence-corrected chi connectivity index (χ1v) is 15.2. The summed E-state index contributed by atoms with van der Waals surface area (Å²) in [7, 11) is 0. The first-order chi connectivity index (χ1) is 19.6. The van der Waals surface area contributed by atoms with Crippen molar-refractivity contribution >= 4 is 23.6 Å². The molecule has 5 rings (SSSR count). The lowest BCUT2D eigenvalue weighted by Gasteiger charge is -2.44. The molecule has 0 aliphatic carbocycles. The molecule has 1 aromatic rings. The van der Waals surface area contributed by atoms with E-state index < -0.39 is 23.7 Å². The summed E-state index contributed by atoms with van der Waals surface area (Å²) in [5.74, 6) is -0.411. The standard InChI is InChI=1S/C31H44FN5O4/c1-21(2)36-13-9-23-16-28(39)37-20-25(32)17-26(37)29(40)34-31(18-27(38)33-12-8-24(23)19-36)10-14-35(15-11-31)30(41)22-6-4-3-5-7-22/h3-7,21,23-26H,8-20H2,1-2H3,(H,33,38)(H,34,40)/t23-,24-,25-,26-/m0/s1. The number of hydrogen-bond acceptors (Lipinski definition) is 5. The quantitative estimate of drug-likeness (QED) is 0.570. The summed E-state index contributed by atoms with van der Waals surface area (Å²) < 4.78 is 14.7. The minimum atomic E-state index is -1.26. The molecule has 4 heterocycles. The Kier molecular flexibility index (Phi) is 8.97. The molecule has 0 unspecified atom stereocenters. The summed E-state index contributed by atoms with van der Waals surface area (Å²) in [6.45, 7) is 7.30. The van der Waals surface area contributed by atoms with E-state index in [1.165, 1.54) is 4.90 Å². The number of fused-ring (bicyclic) bond motifs is 2. The SMILES string of the molecule is CC(C)N1CC[C@H]2CC(=O)N3C[C@@H](F)C[C@H]3C(=O)NC3(CCN(C(=O)c4ccccc4)CC3)CC(=O)NCC[C@H]2C1. The number of amides is 4. The number of likely N-dealkylation sites (tertiary alicyclic amines) is 2. The van der Waals surface area contributed by atoms with E-state index in [9.17, 15) is 23.6 Å². The van der Waals surface area contributed by atoms with Gasteiger partial charge >= 0.3 is 0 Å². The maximum absolute atomic E-state index is 14.7. The summed E-state index contributed by atoms with van der Waals surface area (Å²) in [6, 6.07) is 8.57. The third-order valence-electron chi connectivity index (χ3n) is 9.72. The molecule has 41 heavy (non-hydrogen) atoms. The number of carbonyl (C=O) groups is 4. The molecule has 4 amide bonds. The molecule has 4 saturated heterocycles. The predicted octanol–water partition coefficient (Wildman–Crippen LogP) is 2.36. The van der Waals surface area contributed by atoms with Crippen LogP contribution in [0.3, 0.4) is 0 Å². The monoisotopic (exact) mass is 569 g/mol. The van der Waals surface area contributed by atoms with Crippen LogP contribution in [0.2, 0.25) is 0 Å². The molecule has 1 aromatic carbocycles. The topological polar surface area (TPSA) is 102 Å². The van der Waals surface area contributed by atoms with Gasteiger partial charge in [0.2, 0.25) is 17.7 Å². The molecule has 2 N–H and O–H groups in total. The third-order valence-corrected chi connectivity index (χ3v) is 9.72. The molecule has 0 aromatic heterocycles. The minimum Gasteiger partial charge on any atom is -0.356 e. The van der Waals surface area contributed by atoms with Crippen molar-refractivity contribution in [2.45, 2.75) is 82.6 Å². The maximum atomic E-state index is 14.7. The van der Waals surface area contributed by atoms with E-state index >= 15 is 0 Å². The van der Waals surface area contributed by atoms with Gasteiger partial charge in [0.15, 0.2) is 0 Å². The zero-order valence-electron chi connectivity index (χ0n) is 24.3. The normalized spacial score (nSPS) is 29.9. The van der Waals surface area contributed by atoms with Gasteiger partial charge in [-0.15, -0.1) is 0 Å². The molecule has 224 valence electrons. The highest BCUT2D eigenvalue weighted by atomic mass is 19.1. The molecule has 4 aliphatic rings. The fourth-order valence-corrected chi connectivity index (χ4v) is 7.18. The number of piperidine rings is 2. The Bertz CT molecular complexity index is 1120. The van der Waals surface area contributed by atoms with E-state index in [1.807, 2.05) is 18.2 Å². The van der Waals surface area contributed by atoms with E-state index in [0.29, 0.717) is 50.5 Å². The maximum Gasteiger partial charge on any atom is 0.253 e. The molecule has 0 saturated carbocycles. The Morgan fingerprint density at radius 3 is 2.44 bits per heavy atom. The van der Waals surface area contributed by atoms with Gasteiger partial charge in [-0.05, 0) is 70.0 Å². The van der Waals surface area contributed by atoms with E-state index in [4.69, 9.17) is 0 Å². The molecule has 1 spiro atoms. The van der Waals surface area contributed by atoms with Crippen molar-refractivity contribution in [2.75, 3.05) is 39.3 Å². The number of alkyl halides is 1. The highest BCUT2D eigenvalue weighted by molar-refractivity contribution is 5.94. The van der Waals surface area contributed by atoms with Gasteiger partial charge in [-0.1, -0.05) is 18.2 Å². The van der Waals surface area contributed by atoms with Gasteiger partial charge in [0.1, 0.15) is 12.2 Å². The van der Waals surface area contributed by atoms with Crippen LogP contribution in [0.15, 0.2) is 30.3 Å².